The van der Waals surface area contributed by atoms with Gasteiger partial charge in [-0.3, -0.25) is 14.8 Å². The van der Waals surface area contributed by atoms with Gasteiger partial charge in [0.25, 0.3) is 5.56 Å². The molecular weight excluding hydrogens is 380 g/mol. The smallest absolute Gasteiger partial charge is 0.335 e. The largest absolute Gasteiger partial charge is 0.493 e. The number of rotatable bonds is 6. The molecule has 0 amide bonds. The van der Waals surface area contributed by atoms with Gasteiger partial charge in [-0.15, -0.1) is 0 Å². The molecule has 0 aliphatic heterocycles. The van der Waals surface area contributed by atoms with Crippen LogP contribution in [0, 0.1) is 0 Å². The molecule has 0 saturated carbocycles. The van der Waals surface area contributed by atoms with Gasteiger partial charge in [-0.2, -0.15) is 0 Å². The number of aromatic hydroxyl groups is 1. The third-order valence-electron chi connectivity index (χ3n) is 5.13. The molecule has 0 unspecified atom stereocenters. The molecule has 7 nitrogen and oxygen atoms in total. The second-order valence-corrected chi connectivity index (χ2v) is 7.00. The number of aromatic amines is 2. The highest BCUT2D eigenvalue weighted by Crippen LogP contribution is 2.18. The average Bonchev–Trinajstić information content (AvgIpc) is 3.16. The molecule has 0 bridgehead atoms. The first-order valence-electron chi connectivity index (χ1n) is 9.81. The van der Waals surface area contributed by atoms with Crippen molar-refractivity contribution >= 4 is 17.1 Å². The van der Waals surface area contributed by atoms with Gasteiger partial charge in [-0.25, -0.2) is 9.36 Å². The van der Waals surface area contributed by atoms with Gasteiger partial charge in [0.1, 0.15) is 5.56 Å². The Hall–Kier alpha value is -3.87. The number of para-hydroxylation sites is 1. The van der Waals surface area contributed by atoms with E-state index in [0.717, 1.165) is 33.0 Å². The number of aromatic nitrogens is 3. The van der Waals surface area contributed by atoms with Crippen LogP contribution in [0.2, 0.25) is 0 Å². The van der Waals surface area contributed by atoms with Crippen molar-refractivity contribution in [1.82, 2.24) is 14.5 Å². The normalized spacial score (nSPS) is 11.5. The van der Waals surface area contributed by atoms with Gasteiger partial charge >= 0.3 is 5.69 Å². The number of nitrogens with zero attached hydrogens (tertiary/aromatic N) is 2. The molecule has 0 saturated heterocycles. The van der Waals surface area contributed by atoms with Crippen LogP contribution < -0.4 is 11.2 Å². The number of hydrogen-bond acceptors (Lipinski definition) is 4. The minimum atomic E-state index is -0.697. The summed E-state index contributed by atoms with van der Waals surface area (Å²) in [6.45, 7) is 2.47. The van der Waals surface area contributed by atoms with Crippen molar-refractivity contribution in [2.45, 2.75) is 19.8 Å². The molecule has 3 N–H and O–H groups in total. The molecule has 7 heteroatoms. The van der Waals surface area contributed by atoms with Crippen molar-refractivity contribution in [3.8, 4) is 11.6 Å². The van der Waals surface area contributed by atoms with E-state index in [2.05, 4.69) is 15.0 Å². The molecular formula is C23H22N4O3. The standard InChI is InChI=1S/C23H22N4O3/c1-2-15-7-9-17(10-8-15)27-22(29)19(21(28)26-23(27)30)14-24-12-11-16-13-25-20-6-4-3-5-18(16)20/h3-10,13-14,25,29H,2,11-12H2,1H3,(H,26,28,30). The fourth-order valence-corrected chi connectivity index (χ4v) is 3.45. The highest BCUT2D eigenvalue weighted by molar-refractivity contribution is 5.83. The average molecular weight is 402 g/mol. The molecule has 0 spiro atoms. The van der Waals surface area contributed by atoms with Crippen molar-refractivity contribution in [3.63, 3.8) is 0 Å². The van der Waals surface area contributed by atoms with E-state index in [9.17, 15) is 14.7 Å². The summed E-state index contributed by atoms with van der Waals surface area (Å²) in [5.41, 5.74) is 2.35. The SMILES string of the molecule is CCc1ccc(-n2c(O)c(C=NCCc3c[nH]c4ccccc34)c(=O)[nH]c2=O)cc1. The van der Waals surface area contributed by atoms with Gasteiger partial charge in [0, 0.05) is 29.9 Å². The number of hydrogen-bond donors (Lipinski definition) is 3. The Morgan fingerprint density at radius 1 is 1.10 bits per heavy atom. The van der Waals surface area contributed by atoms with E-state index in [-0.39, 0.29) is 5.56 Å². The van der Waals surface area contributed by atoms with Crippen LogP contribution in [0.4, 0.5) is 0 Å². The van der Waals surface area contributed by atoms with E-state index < -0.39 is 17.1 Å². The maximum Gasteiger partial charge on any atom is 0.335 e. The second kappa shape index (κ2) is 8.24. The zero-order chi connectivity index (χ0) is 21.1. The monoisotopic (exact) mass is 402 g/mol. The predicted octanol–water partition coefficient (Wildman–Crippen LogP) is 2.94. The number of H-pyrrole nitrogens is 2. The van der Waals surface area contributed by atoms with Gasteiger partial charge in [0.05, 0.1) is 5.69 Å². The van der Waals surface area contributed by atoms with Crippen LogP contribution in [-0.2, 0) is 12.8 Å². The Bertz CT molecular complexity index is 1330. The van der Waals surface area contributed by atoms with Crippen LogP contribution in [0.15, 0.2) is 69.3 Å². The zero-order valence-corrected chi connectivity index (χ0v) is 16.6. The quantitative estimate of drug-likeness (QED) is 0.432. The van der Waals surface area contributed by atoms with Crippen molar-refractivity contribution < 1.29 is 5.11 Å². The fraction of sp³-hybridized carbons (Fsp3) is 0.174. The summed E-state index contributed by atoms with van der Waals surface area (Å²) in [6, 6.07) is 15.2. The molecule has 0 aliphatic carbocycles. The first-order chi connectivity index (χ1) is 14.6. The Morgan fingerprint density at radius 2 is 1.87 bits per heavy atom. The first kappa shape index (κ1) is 19.4. The maximum absolute atomic E-state index is 12.3. The molecule has 0 atom stereocenters. The number of fused-ring (bicyclic) bond motifs is 1. The molecule has 152 valence electrons. The molecule has 2 aromatic heterocycles. The van der Waals surface area contributed by atoms with Crippen LogP contribution in [0.1, 0.15) is 23.6 Å². The lowest BCUT2D eigenvalue weighted by molar-refractivity contribution is 0.430. The van der Waals surface area contributed by atoms with E-state index in [1.165, 1.54) is 6.21 Å². The molecule has 4 aromatic rings. The number of aliphatic imine (C=N–C) groups is 1. The highest BCUT2D eigenvalue weighted by atomic mass is 16.3. The summed E-state index contributed by atoms with van der Waals surface area (Å²) in [5.74, 6) is -0.427. The molecule has 2 aromatic carbocycles. The Balaban J connectivity index is 1.59. The van der Waals surface area contributed by atoms with E-state index >= 15 is 0 Å². The lowest BCUT2D eigenvalue weighted by Crippen LogP contribution is -2.31. The number of nitrogens with one attached hydrogen (secondary N) is 2. The second-order valence-electron chi connectivity index (χ2n) is 7.00. The van der Waals surface area contributed by atoms with Crippen LogP contribution in [0.5, 0.6) is 5.88 Å². The van der Waals surface area contributed by atoms with Gasteiger partial charge in [0.2, 0.25) is 5.88 Å². The third kappa shape index (κ3) is 3.69. The van der Waals surface area contributed by atoms with Crippen LogP contribution in [0.3, 0.4) is 0 Å². The summed E-state index contributed by atoms with van der Waals surface area (Å²) in [6.07, 6.45) is 4.81. The topological polar surface area (TPSA) is 103 Å². The summed E-state index contributed by atoms with van der Waals surface area (Å²) in [5, 5.41) is 11.7. The minimum absolute atomic E-state index is 0.0481. The highest BCUT2D eigenvalue weighted by Gasteiger charge is 2.14. The fourth-order valence-electron chi connectivity index (χ4n) is 3.45. The first-order valence-corrected chi connectivity index (χ1v) is 9.81. The number of aryl methyl sites for hydroxylation is 1. The van der Waals surface area contributed by atoms with E-state index in [1.54, 1.807) is 12.1 Å². The molecule has 4 rings (SSSR count). The number of benzene rings is 2. The molecule has 0 radical (unpaired) electrons. The molecule has 0 fully saturated rings. The lowest BCUT2D eigenvalue weighted by Gasteiger charge is -2.10. The van der Waals surface area contributed by atoms with Crippen LogP contribution >= 0.6 is 0 Å². The minimum Gasteiger partial charge on any atom is -0.493 e. The van der Waals surface area contributed by atoms with Gasteiger partial charge in [-0.1, -0.05) is 37.3 Å². The van der Waals surface area contributed by atoms with Crippen molar-refractivity contribution in [3.05, 3.63) is 92.3 Å². The van der Waals surface area contributed by atoms with Crippen molar-refractivity contribution in [2.24, 2.45) is 4.99 Å². The van der Waals surface area contributed by atoms with Crippen LogP contribution in [-0.4, -0.2) is 32.4 Å². The van der Waals surface area contributed by atoms with E-state index in [0.29, 0.717) is 18.7 Å². The maximum atomic E-state index is 12.3. The summed E-state index contributed by atoms with van der Waals surface area (Å²) in [4.78, 5) is 34.3. The molecule has 2 heterocycles. The predicted molar refractivity (Wildman–Crippen MR) is 118 cm³/mol. The van der Waals surface area contributed by atoms with Crippen molar-refractivity contribution in [2.75, 3.05) is 6.54 Å². The summed E-state index contributed by atoms with van der Waals surface area (Å²) >= 11 is 0. The van der Waals surface area contributed by atoms with E-state index in [4.69, 9.17) is 0 Å². The van der Waals surface area contributed by atoms with Gasteiger partial charge in [0.15, 0.2) is 0 Å². The molecule has 30 heavy (non-hydrogen) atoms. The Kier molecular flexibility index (Phi) is 5.34. The van der Waals surface area contributed by atoms with Crippen molar-refractivity contribution in [1.29, 1.82) is 0 Å². The lowest BCUT2D eigenvalue weighted by atomic mass is 10.1. The Labute approximate surface area is 172 Å². The Morgan fingerprint density at radius 3 is 2.63 bits per heavy atom. The van der Waals surface area contributed by atoms with Gasteiger partial charge in [-0.05, 0) is 42.2 Å². The van der Waals surface area contributed by atoms with Gasteiger partial charge < -0.3 is 10.1 Å². The summed E-state index contributed by atoms with van der Waals surface area (Å²) in [7, 11) is 0. The third-order valence-corrected chi connectivity index (χ3v) is 5.13. The summed E-state index contributed by atoms with van der Waals surface area (Å²) < 4.78 is 1.07. The van der Waals surface area contributed by atoms with Crippen LogP contribution in [0.25, 0.3) is 16.6 Å². The molecule has 0 aliphatic rings. The van der Waals surface area contributed by atoms with E-state index in [1.807, 2.05) is 49.5 Å². The zero-order valence-electron chi connectivity index (χ0n) is 16.6.